The lowest BCUT2D eigenvalue weighted by atomic mass is 9.92. The molecule has 2 aromatic rings. The third-order valence-corrected chi connectivity index (χ3v) is 7.18. The largest absolute Gasteiger partial charge is 0.375 e. The van der Waals surface area contributed by atoms with Crippen molar-refractivity contribution in [1.82, 2.24) is 9.80 Å². The SMILES string of the molecule is CCC(=O)N1CCC2CCCC(CN(Cc3cc(F)cc(F)c3)Cc3ccccc31)N2C(=O)COC. The minimum atomic E-state index is -0.613. The molecule has 4 rings (SSSR count). The number of hydrogen-bond donors (Lipinski definition) is 0. The number of hydrogen-bond acceptors (Lipinski definition) is 4. The van der Waals surface area contributed by atoms with Gasteiger partial charge in [-0.2, -0.15) is 0 Å². The molecule has 2 bridgehead atoms. The molecule has 36 heavy (non-hydrogen) atoms. The van der Waals surface area contributed by atoms with Gasteiger partial charge in [0, 0.05) is 63.5 Å². The zero-order valence-corrected chi connectivity index (χ0v) is 21.1. The van der Waals surface area contributed by atoms with Crippen LogP contribution in [-0.4, -0.2) is 60.5 Å². The molecule has 2 aliphatic heterocycles. The molecule has 0 aromatic heterocycles. The van der Waals surface area contributed by atoms with Crippen molar-refractivity contribution < 1.29 is 23.1 Å². The third kappa shape index (κ3) is 6.10. The summed E-state index contributed by atoms with van der Waals surface area (Å²) in [4.78, 5) is 32.2. The smallest absolute Gasteiger partial charge is 0.249 e. The minimum absolute atomic E-state index is 0.0000614. The van der Waals surface area contributed by atoms with Gasteiger partial charge < -0.3 is 14.5 Å². The molecule has 0 spiro atoms. The predicted molar refractivity (Wildman–Crippen MR) is 134 cm³/mol. The van der Waals surface area contributed by atoms with Crippen LogP contribution >= 0.6 is 0 Å². The Morgan fingerprint density at radius 2 is 1.72 bits per heavy atom. The van der Waals surface area contributed by atoms with Gasteiger partial charge in [-0.05, 0) is 55.0 Å². The van der Waals surface area contributed by atoms with Gasteiger partial charge in [-0.25, -0.2) is 8.78 Å². The summed E-state index contributed by atoms with van der Waals surface area (Å²) in [5.74, 6) is -1.26. The van der Waals surface area contributed by atoms with Crippen LogP contribution in [0, 0.1) is 11.6 Å². The van der Waals surface area contributed by atoms with E-state index in [1.54, 1.807) is 0 Å². The van der Waals surface area contributed by atoms with Crippen molar-refractivity contribution in [2.45, 2.75) is 64.2 Å². The Kier molecular flexibility index (Phi) is 8.69. The fraction of sp³-hybridized carbons (Fsp3) is 0.500. The number of fused-ring (bicyclic) bond motifs is 3. The van der Waals surface area contributed by atoms with Crippen molar-refractivity contribution in [3.05, 3.63) is 65.2 Å². The van der Waals surface area contributed by atoms with Gasteiger partial charge in [0.2, 0.25) is 11.8 Å². The number of benzene rings is 2. The molecule has 0 aliphatic carbocycles. The van der Waals surface area contributed by atoms with Crippen molar-refractivity contribution in [1.29, 1.82) is 0 Å². The number of anilines is 1. The van der Waals surface area contributed by atoms with Crippen LogP contribution in [0.1, 0.15) is 50.2 Å². The molecule has 6 nitrogen and oxygen atoms in total. The second-order valence-electron chi connectivity index (χ2n) is 9.74. The van der Waals surface area contributed by atoms with Crippen LogP contribution < -0.4 is 4.90 Å². The molecular weight excluding hydrogens is 464 g/mol. The van der Waals surface area contributed by atoms with Gasteiger partial charge in [-0.1, -0.05) is 25.1 Å². The topological polar surface area (TPSA) is 53.1 Å². The standard InChI is InChI=1S/C28H35F2N3O3/c1-3-27(34)32-12-11-24-8-6-9-25(33(24)28(35)19-36-2)18-31(17-21-7-4-5-10-26(21)32)16-20-13-22(29)15-23(30)14-20/h4-5,7,10,13-15,24-25H,3,6,8-9,11-12,16-19H2,1-2H3. The molecule has 8 heteroatoms. The zero-order valence-electron chi connectivity index (χ0n) is 21.1. The molecule has 2 atom stereocenters. The Morgan fingerprint density at radius 1 is 1.00 bits per heavy atom. The van der Waals surface area contributed by atoms with Crippen LogP contribution in [0.4, 0.5) is 14.5 Å². The van der Waals surface area contributed by atoms with E-state index in [1.807, 2.05) is 41.0 Å². The number of para-hydroxylation sites is 1. The van der Waals surface area contributed by atoms with E-state index in [0.717, 1.165) is 36.6 Å². The quantitative estimate of drug-likeness (QED) is 0.608. The molecule has 2 heterocycles. The van der Waals surface area contributed by atoms with E-state index in [9.17, 15) is 18.4 Å². The van der Waals surface area contributed by atoms with Crippen LogP contribution in [0.3, 0.4) is 0 Å². The third-order valence-electron chi connectivity index (χ3n) is 7.18. The Hall–Kier alpha value is -2.84. The van der Waals surface area contributed by atoms with E-state index in [2.05, 4.69) is 4.90 Å². The number of halogens is 2. The summed E-state index contributed by atoms with van der Waals surface area (Å²) in [6, 6.07) is 11.4. The number of methoxy groups -OCH3 is 1. The molecule has 1 fully saturated rings. The number of amides is 2. The maximum absolute atomic E-state index is 14.0. The van der Waals surface area contributed by atoms with E-state index >= 15 is 0 Å². The van der Waals surface area contributed by atoms with Crippen LogP contribution in [0.5, 0.6) is 0 Å². The van der Waals surface area contributed by atoms with Gasteiger partial charge in [-0.3, -0.25) is 14.5 Å². The summed E-state index contributed by atoms with van der Waals surface area (Å²) in [7, 11) is 1.52. The number of piperidine rings is 1. The first kappa shape index (κ1) is 26.2. The molecule has 2 amide bonds. The summed E-state index contributed by atoms with van der Waals surface area (Å²) >= 11 is 0. The molecule has 194 valence electrons. The molecule has 2 aromatic carbocycles. The zero-order chi connectivity index (χ0) is 25.7. The average Bonchev–Trinajstić information content (AvgIpc) is 2.85. The minimum Gasteiger partial charge on any atom is -0.375 e. The molecule has 0 saturated carbocycles. The van der Waals surface area contributed by atoms with Crippen molar-refractivity contribution >= 4 is 17.5 Å². The molecule has 0 N–H and O–H groups in total. The highest BCUT2D eigenvalue weighted by Crippen LogP contribution is 2.31. The molecular formula is C28H35F2N3O3. The van der Waals surface area contributed by atoms with Crippen molar-refractivity contribution in [3.8, 4) is 0 Å². The van der Waals surface area contributed by atoms with E-state index in [1.165, 1.54) is 19.2 Å². The van der Waals surface area contributed by atoms with E-state index in [0.29, 0.717) is 44.6 Å². The Morgan fingerprint density at radius 3 is 2.44 bits per heavy atom. The fourth-order valence-electron chi connectivity index (χ4n) is 5.67. The molecule has 2 aliphatic rings. The fourth-order valence-corrected chi connectivity index (χ4v) is 5.67. The van der Waals surface area contributed by atoms with Crippen molar-refractivity contribution in [2.24, 2.45) is 0 Å². The summed E-state index contributed by atoms with van der Waals surface area (Å²) in [5.41, 5.74) is 2.36. The van der Waals surface area contributed by atoms with Gasteiger partial charge >= 0.3 is 0 Å². The number of ether oxygens (including phenoxy) is 1. The number of rotatable bonds is 5. The van der Waals surface area contributed by atoms with Crippen LogP contribution in [0.2, 0.25) is 0 Å². The van der Waals surface area contributed by atoms with Crippen LogP contribution in [0.15, 0.2) is 42.5 Å². The summed E-state index contributed by atoms with van der Waals surface area (Å²) in [5, 5.41) is 0. The Labute approximate surface area is 211 Å². The highest BCUT2D eigenvalue weighted by molar-refractivity contribution is 5.94. The first-order chi connectivity index (χ1) is 17.4. The first-order valence-electron chi connectivity index (χ1n) is 12.7. The lowest BCUT2D eigenvalue weighted by molar-refractivity contribution is -0.143. The Bertz CT molecular complexity index is 1060. The van der Waals surface area contributed by atoms with E-state index in [-0.39, 0.29) is 30.5 Å². The van der Waals surface area contributed by atoms with E-state index in [4.69, 9.17) is 4.74 Å². The van der Waals surface area contributed by atoms with E-state index < -0.39 is 11.6 Å². The highest BCUT2D eigenvalue weighted by Gasteiger charge is 2.36. The second kappa shape index (κ2) is 11.9. The lowest BCUT2D eigenvalue weighted by Gasteiger charge is -2.44. The first-order valence-corrected chi connectivity index (χ1v) is 12.7. The maximum atomic E-state index is 14.0. The van der Waals surface area contributed by atoms with Crippen molar-refractivity contribution in [2.75, 3.05) is 31.7 Å². The van der Waals surface area contributed by atoms with Gasteiger partial charge in [0.1, 0.15) is 18.2 Å². The predicted octanol–water partition coefficient (Wildman–Crippen LogP) is 4.51. The molecule has 0 radical (unpaired) electrons. The summed E-state index contributed by atoms with van der Waals surface area (Å²) < 4.78 is 33.2. The van der Waals surface area contributed by atoms with Gasteiger partial charge in [0.15, 0.2) is 0 Å². The second-order valence-corrected chi connectivity index (χ2v) is 9.74. The van der Waals surface area contributed by atoms with Gasteiger partial charge in [-0.15, -0.1) is 0 Å². The van der Waals surface area contributed by atoms with Gasteiger partial charge in [0.25, 0.3) is 0 Å². The Balaban J connectivity index is 1.76. The number of carbonyl (C=O) groups is 2. The normalized spacial score (nSPS) is 21.0. The van der Waals surface area contributed by atoms with Crippen LogP contribution in [0.25, 0.3) is 0 Å². The average molecular weight is 500 g/mol. The number of nitrogens with zero attached hydrogens (tertiary/aromatic N) is 3. The maximum Gasteiger partial charge on any atom is 0.249 e. The van der Waals surface area contributed by atoms with Gasteiger partial charge in [0.05, 0.1) is 0 Å². The summed E-state index contributed by atoms with van der Waals surface area (Å²) in [6.45, 7) is 3.73. The van der Waals surface area contributed by atoms with Crippen molar-refractivity contribution in [3.63, 3.8) is 0 Å². The monoisotopic (exact) mass is 499 g/mol. The highest BCUT2D eigenvalue weighted by atomic mass is 19.1. The number of carbonyl (C=O) groups excluding carboxylic acids is 2. The lowest BCUT2D eigenvalue weighted by Crippen LogP contribution is -2.55. The molecule has 2 unspecified atom stereocenters. The summed E-state index contributed by atoms with van der Waals surface area (Å²) in [6.07, 6.45) is 3.75. The molecule has 1 saturated heterocycles. The van der Waals surface area contributed by atoms with Crippen LogP contribution in [-0.2, 0) is 27.4 Å².